The molecule has 21 heavy (non-hydrogen) atoms. The van der Waals surface area contributed by atoms with Crippen LogP contribution in [0.15, 0.2) is 24.4 Å². The summed E-state index contributed by atoms with van der Waals surface area (Å²) in [6.45, 7) is 2.70. The summed E-state index contributed by atoms with van der Waals surface area (Å²) in [6.07, 6.45) is 1.62. The molecule has 0 spiro atoms. The third kappa shape index (κ3) is 2.97. The number of ether oxygens (including phenoxy) is 2. The first-order valence-electron chi connectivity index (χ1n) is 6.55. The zero-order valence-electron chi connectivity index (χ0n) is 12.3. The molecule has 3 N–H and O–H groups in total. The van der Waals surface area contributed by atoms with Crippen molar-refractivity contribution in [3.05, 3.63) is 40.7 Å². The molecule has 0 amide bonds. The normalized spacial score (nSPS) is 12.2. The van der Waals surface area contributed by atoms with Gasteiger partial charge in [0, 0.05) is 6.54 Å². The van der Waals surface area contributed by atoms with Gasteiger partial charge in [-0.05, 0) is 24.6 Å². The maximum Gasteiger partial charge on any atom is 0.161 e. The Morgan fingerprint density at radius 2 is 2.05 bits per heavy atom. The van der Waals surface area contributed by atoms with Gasteiger partial charge in [0.25, 0.3) is 0 Å². The first-order chi connectivity index (χ1) is 10.2. The molecule has 0 bridgehead atoms. The number of hydrazine groups is 1. The zero-order chi connectivity index (χ0) is 15.4. The Morgan fingerprint density at radius 3 is 2.62 bits per heavy atom. The number of nitrogens with two attached hydrogens (primary N) is 1. The molecule has 0 aliphatic heterocycles. The predicted octanol–water partition coefficient (Wildman–Crippen LogP) is 2.13. The van der Waals surface area contributed by atoms with E-state index >= 15 is 0 Å². The minimum absolute atomic E-state index is 0.292. The van der Waals surface area contributed by atoms with Crippen LogP contribution in [0.2, 0.25) is 5.02 Å². The maximum absolute atomic E-state index is 6.24. The monoisotopic (exact) mass is 310 g/mol. The summed E-state index contributed by atoms with van der Waals surface area (Å²) >= 11 is 6.24. The first-order valence-corrected chi connectivity index (χ1v) is 6.93. The van der Waals surface area contributed by atoms with Crippen molar-refractivity contribution in [2.24, 2.45) is 5.84 Å². The Bertz CT molecular complexity index is 615. The molecule has 0 aliphatic rings. The molecule has 0 saturated heterocycles. The van der Waals surface area contributed by atoms with Crippen molar-refractivity contribution in [1.29, 1.82) is 0 Å². The van der Waals surface area contributed by atoms with E-state index < -0.39 is 0 Å². The third-order valence-corrected chi connectivity index (χ3v) is 3.61. The smallest absolute Gasteiger partial charge is 0.161 e. The van der Waals surface area contributed by atoms with Gasteiger partial charge in [-0.15, -0.1) is 0 Å². The lowest BCUT2D eigenvalue weighted by Crippen LogP contribution is -2.31. The van der Waals surface area contributed by atoms with E-state index in [9.17, 15) is 0 Å². The van der Waals surface area contributed by atoms with Crippen LogP contribution in [-0.2, 0) is 6.54 Å². The van der Waals surface area contributed by atoms with Gasteiger partial charge in [0.2, 0.25) is 0 Å². The van der Waals surface area contributed by atoms with Crippen LogP contribution in [0.5, 0.6) is 11.5 Å². The molecule has 0 saturated carbocycles. The van der Waals surface area contributed by atoms with E-state index in [4.69, 9.17) is 26.9 Å². The number of halogens is 1. The van der Waals surface area contributed by atoms with Gasteiger partial charge in [-0.2, -0.15) is 5.10 Å². The van der Waals surface area contributed by atoms with E-state index in [2.05, 4.69) is 10.5 Å². The number of rotatable bonds is 6. The lowest BCUT2D eigenvalue weighted by molar-refractivity contribution is 0.354. The van der Waals surface area contributed by atoms with E-state index in [0.29, 0.717) is 23.1 Å². The number of benzene rings is 1. The molecule has 0 aliphatic carbocycles. The van der Waals surface area contributed by atoms with Gasteiger partial charge in [0.15, 0.2) is 11.5 Å². The average Bonchev–Trinajstić information content (AvgIpc) is 2.89. The zero-order valence-corrected chi connectivity index (χ0v) is 13.0. The van der Waals surface area contributed by atoms with Crippen LogP contribution in [0.25, 0.3) is 0 Å². The molecular formula is C14H19ClN4O2. The van der Waals surface area contributed by atoms with E-state index in [1.165, 1.54) is 0 Å². The molecule has 114 valence electrons. The number of aromatic nitrogens is 2. The molecule has 1 aromatic heterocycles. The van der Waals surface area contributed by atoms with Gasteiger partial charge in [-0.3, -0.25) is 10.5 Å². The topological polar surface area (TPSA) is 74.3 Å². The summed E-state index contributed by atoms with van der Waals surface area (Å²) in [5, 5.41) is 4.80. The second-order valence-corrected chi connectivity index (χ2v) is 4.81. The Morgan fingerprint density at radius 1 is 1.33 bits per heavy atom. The minimum Gasteiger partial charge on any atom is -0.493 e. The number of aryl methyl sites for hydroxylation is 1. The lowest BCUT2D eigenvalue weighted by Gasteiger charge is -2.19. The van der Waals surface area contributed by atoms with Crippen LogP contribution in [0.1, 0.15) is 24.2 Å². The van der Waals surface area contributed by atoms with Crippen molar-refractivity contribution in [3.8, 4) is 11.5 Å². The average molecular weight is 311 g/mol. The molecule has 1 atom stereocenters. The molecule has 2 rings (SSSR count). The fraction of sp³-hybridized carbons (Fsp3) is 0.357. The van der Waals surface area contributed by atoms with E-state index in [1.54, 1.807) is 20.4 Å². The van der Waals surface area contributed by atoms with Crippen molar-refractivity contribution in [1.82, 2.24) is 15.2 Å². The van der Waals surface area contributed by atoms with Gasteiger partial charge in [0.05, 0.1) is 37.2 Å². The second-order valence-electron chi connectivity index (χ2n) is 4.41. The van der Waals surface area contributed by atoms with Crippen molar-refractivity contribution >= 4 is 11.6 Å². The molecular weight excluding hydrogens is 292 g/mol. The predicted molar refractivity (Wildman–Crippen MR) is 81.6 cm³/mol. The molecule has 1 aromatic carbocycles. The summed E-state index contributed by atoms with van der Waals surface area (Å²) in [7, 11) is 3.19. The first kappa shape index (κ1) is 15.6. The van der Waals surface area contributed by atoms with Crippen molar-refractivity contribution in [3.63, 3.8) is 0 Å². The van der Waals surface area contributed by atoms with Crippen molar-refractivity contribution < 1.29 is 9.47 Å². The van der Waals surface area contributed by atoms with Gasteiger partial charge in [-0.1, -0.05) is 17.7 Å². The second kappa shape index (κ2) is 6.80. The van der Waals surface area contributed by atoms with Crippen LogP contribution in [0, 0.1) is 0 Å². The summed E-state index contributed by atoms with van der Waals surface area (Å²) in [6, 6.07) is 5.32. The van der Waals surface area contributed by atoms with Gasteiger partial charge >= 0.3 is 0 Å². The Hall–Kier alpha value is -1.76. The number of nitrogens with one attached hydrogen (secondary N) is 1. The van der Waals surface area contributed by atoms with Gasteiger partial charge in [0.1, 0.15) is 0 Å². The highest BCUT2D eigenvalue weighted by molar-refractivity contribution is 6.31. The fourth-order valence-electron chi connectivity index (χ4n) is 2.28. The van der Waals surface area contributed by atoms with Crippen LogP contribution >= 0.6 is 11.6 Å². The number of nitrogens with zero attached hydrogens (tertiary/aromatic N) is 2. The highest BCUT2D eigenvalue weighted by Gasteiger charge is 2.22. The Balaban J connectivity index is 2.48. The largest absolute Gasteiger partial charge is 0.493 e. The SMILES string of the molecule is CCn1ncc(Cl)c1C(NN)c1ccc(OC)c(OC)c1. The molecule has 0 fully saturated rings. The number of hydrogen-bond donors (Lipinski definition) is 2. The van der Waals surface area contributed by atoms with E-state index in [0.717, 1.165) is 11.3 Å². The highest BCUT2D eigenvalue weighted by atomic mass is 35.5. The minimum atomic E-state index is -0.292. The Labute approximate surface area is 128 Å². The van der Waals surface area contributed by atoms with Crippen LogP contribution in [0.3, 0.4) is 0 Å². The lowest BCUT2D eigenvalue weighted by atomic mass is 10.0. The van der Waals surface area contributed by atoms with Crippen LogP contribution < -0.4 is 20.7 Å². The summed E-state index contributed by atoms with van der Waals surface area (Å²) in [5.41, 5.74) is 4.51. The molecule has 1 unspecified atom stereocenters. The van der Waals surface area contributed by atoms with Gasteiger partial charge < -0.3 is 9.47 Å². The number of hydrogen-bond acceptors (Lipinski definition) is 5. The summed E-state index contributed by atoms with van der Waals surface area (Å²) in [5.74, 6) is 7.02. The Kier molecular flexibility index (Phi) is 5.06. The molecule has 2 aromatic rings. The van der Waals surface area contributed by atoms with Crippen molar-refractivity contribution in [2.45, 2.75) is 19.5 Å². The van der Waals surface area contributed by atoms with Crippen molar-refractivity contribution in [2.75, 3.05) is 14.2 Å². The standard InChI is InChI=1S/C14H19ClN4O2/c1-4-19-14(10(15)8-17-19)13(18-16)9-5-6-11(20-2)12(7-9)21-3/h5-8,13,18H,4,16H2,1-3H3. The highest BCUT2D eigenvalue weighted by Crippen LogP contribution is 2.34. The van der Waals surface area contributed by atoms with E-state index in [-0.39, 0.29) is 6.04 Å². The molecule has 0 radical (unpaired) electrons. The van der Waals surface area contributed by atoms with E-state index in [1.807, 2.05) is 29.8 Å². The summed E-state index contributed by atoms with van der Waals surface area (Å²) < 4.78 is 12.4. The third-order valence-electron chi connectivity index (χ3n) is 3.31. The molecule has 7 heteroatoms. The van der Waals surface area contributed by atoms with Gasteiger partial charge in [-0.25, -0.2) is 5.43 Å². The quantitative estimate of drug-likeness (QED) is 0.631. The molecule has 1 heterocycles. The number of methoxy groups -OCH3 is 2. The summed E-state index contributed by atoms with van der Waals surface area (Å²) in [4.78, 5) is 0. The van der Waals surface area contributed by atoms with Crippen LogP contribution in [-0.4, -0.2) is 24.0 Å². The molecule has 6 nitrogen and oxygen atoms in total. The fourth-order valence-corrected chi connectivity index (χ4v) is 2.53. The maximum atomic E-state index is 6.24. The van der Waals surface area contributed by atoms with Crippen LogP contribution in [0.4, 0.5) is 0 Å².